The molecular weight excluding hydrogens is 354 g/mol. The van der Waals surface area contributed by atoms with Gasteiger partial charge in [-0.25, -0.2) is 0 Å². The van der Waals surface area contributed by atoms with Gasteiger partial charge in [0.1, 0.15) is 0 Å². The second-order valence-electron chi connectivity index (χ2n) is 5.91. The Morgan fingerprint density at radius 1 is 1.48 bits per heavy atom. The van der Waals surface area contributed by atoms with Crippen molar-refractivity contribution >= 4 is 27.5 Å². The van der Waals surface area contributed by atoms with Crippen LogP contribution in [0.4, 0.5) is 0 Å². The van der Waals surface area contributed by atoms with Crippen molar-refractivity contribution in [3.63, 3.8) is 0 Å². The Morgan fingerprint density at radius 3 is 3.00 bits per heavy atom. The van der Waals surface area contributed by atoms with Crippen molar-refractivity contribution in [3.8, 4) is 11.5 Å². The highest BCUT2D eigenvalue weighted by molar-refractivity contribution is 9.10. The molecule has 3 rings (SSSR count). The van der Waals surface area contributed by atoms with Crippen molar-refractivity contribution in [2.24, 2.45) is 11.7 Å². The predicted octanol–water partition coefficient (Wildman–Crippen LogP) is 4.52. The molecule has 2 unspecified atom stereocenters. The fourth-order valence-corrected chi connectivity index (χ4v) is 3.46. The lowest BCUT2D eigenvalue weighted by atomic mass is 9.76. The van der Waals surface area contributed by atoms with Crippen LogP contribution in [0.5, 0.6) is 0 Å². The molecular formula is C15H17BrClN3O. The van der Waals surface area contributed by atoms with E-state index in [1.165, 1.54) is 6.42 Å². The molecule has 1 aromatic carbocycles. The number of nitrogens with two attached hydrogens (primary N) is 1. The van der Waals surface area contributed by atoms with Gasteiger partial charge < -0.3 is 10.3 Å². The SMILES string of the molecule is CC1CCCC(N)(c2noc(-c3ccc(Cl)c(Br)c3)n2)C1. The van der Waals surface area contributed by atoms with E-state index < -0.39 is 5.54 Å². The first kappa shape index (κ1) is 15.0. The summed E-state index contributed by atoms with van der Waals surface area (Å²) in [4.78, 5) is 4.51. The zero-order valence-electron chi connectivity index (χ0n) is 11.8. The van der Waals surface area contributed by atoms with E-state index in [9.17, 15) is 0 Å². The Hall–Kier alpha value is -0.910. The molecule has 2 atom stereocenters. The summed E-state index contributed by atoms with van der Waals surface area (Å²) in [6.07, 6.45) is 4.12. The molecule has 1 aromatic heterocycles. The van der Waals surface area contributed by atoms with E-state index in [4.69, 9.17) is 21.9 Å². The molecule has 2 aromatic rings. The highest BCUT2D eigenvalue weighted by Gasteiger charge is 2.37. The molecule has 1 saturated carbocycles. The van der Waals surface area contributed by atoms with Crippen LogP contribution in [0, 0.1) is 5.92 Å². The highest BCUT2D eigenvalue weighted by Crippen LogP contribution is 2.37. The second-order valence-corrected chi connectivity index (χ2v) is 7.17. The van der Waals surface area contributed by atoms with E-state index in [2.05, 4.69) is 33.0 Å². The maximum atomic E-state index is 6.50. The van der Waals surface area contributed by atoms with Gasteiger partial charge in [-0.2, -0.15) is 4.98 Å². The highest BCUT2D eigenvalue weighted by atomic mass is 79.9. The van der Waals surface area contributed by atoms with Crippen LogP contribution in [0.1, 0.15) is 38.4 Å². The van der Waals surface area contributed by atoms with Crippen LogP contribution in [-0.2, 0) is 5.54 Å². The lowest BCUT2D eigenvalue weighted by molar-refractivity contribution is 0.222. The molecule has 1 aliphatic carbocycles. The van der Waals surface area contributed by atoms with Gasteiger partial charge in [0.2, 0.25) is 0 Å². The molecule has 6 heteroatoms. The average molecular weight is 371 g/mol. The molecule has 112 valence electrons. The number of hydrogen-bond acceptors (Lipinski definition) is 4. The number of nitrogens with zero attached hydrogens (tertiary/aromatic N) is 2. The lowest BCUT2D eigenvalue weighted by Crippen LogP contribution is -2.42. The van der Waals surface area contributed by atoms with Crippen molar-refractivity contribution in [3.05, 3.63) is 33.5 Å². The maximum absolute atomic E-state index is 6.50. The second kappa shape index (κ2) is 5.71. The molecule has 0 bridgehead atoms. The first-order valence-electron chi connectivity index (χ1n) is 7.06. The minimum atomic E-state index is -0.469. The van der Waals surface area contributed by atoms with E-state index in [0.717, 1.165) is 29.3 Å². The molecule has 1 heterocycles. The van der Waals surface area contributed by atoms with Gasteiger partial charge in [0.05, 0.1) is 10.6 Å². The van der Waals surface area contributed by atoms with E-state index >= 15 is 0 Å². The van der Waals surface area contributed by atoms with Crippen molar-refractivity contribution in [1.82, 2.24) is 10.1 Å². The summed E-state index contributed by atoms with van der Waals surface area (Å²) in [5, 5.41) is 4.76. The average Bonchev–Trinajstić information content (AvgIpc) is 2.92. The first-order valence-corrected chi connectivity index (χ1v) is 8.23. The fraction of sp³-hybridized carbons (Fsp3) is 0.467. The van der Waals surface area contributed by atoms with Gasteiger partial charge in [-0.15, -0.1) is 0 Å². The van der Waals surface area contributed by atoms with Crippen LogP contribution in [0.15, 0.2) is 27.2 Å². The quantitative estimate of drug-likeness (QED) is 0.844. The summed E-state index contributed by atoms with van der Waals surface area (Å²) in [5.41, 5.74) is 6.86. The number of rotatable bonds is 2. The third-order valence-electron chi connectivity index (χ3n) is 4.07. The number of hydrogen-bond donors (Lipinski definition) is 1. The van der Waals surface area contributed by atoms with Crippen LogP contribution in [0.2, 0.25) is 5.02 Å². The number of halogens is 2. The van der Waals surface area contributed by atoms with E-state index in [0.29, 0.717) is 22.7 Å². The van der Waals surface area contributed by atoms with Crippen LogP contribution < -0.4 is 5.73 Å². The van der Waals surface area contributed by atoms with Gasteiger partial charge in [0.25, 0.3) is 5.89 Å². The normalized spacial score (nSPS) is 26.0. The van der Waals surface area contributed by atoms with Gasteiger partial charge in [-0.1, -0.05) is 36.5 Å². The Labute approximate surface area is 137 Å². The molecule has 2 N–H and O–H groups in total. The fourth-order valence-electron chi connectivity index (χ4n) is 2.97. The topological polar surface area (TPSA) is 64.9 Å². The summed E-state index contributed by atoms with van der Waals surface area (Å²) in [5.74, 6) is 1.68. The van der Waals surface area contributed by atoms with Crippen molar-refractivity contribution in [1.29, 1.82) is 0 Å². The molecule has 21 heavy (non-hydrogen) atoms. The van der Waals surface area contributed by atoms with Crippen molar-refractivity contribution in [2.45, 2.75) is 38.1 Å². The van der Waals surface area contributed by atoms with Gasteiger partial charge in [-0.05, 0) is 52.9 Å². The third kappa shape index (κ3) is 3.00. The Morgan fingerprint density at radius 2 is 2.29 bits per heavy atom. The molecule has 4 nitrogen and oxygen atoms in total. The van der Waals surface area contributed by atoms with Crippen LogP contribution in [0.25, 0.3) is 11.5 Å². The first-order chi connectivity index (χ1) is 9.98. The van der Waals surface area contributed by atoms with E-state index in [1.54, 1.807) is 6.07 Å². The Bertz CT molecular complexity index is 660. The van der Waals surface area contributed by atoms with Crippen LogP contribution >= 0.6 is 27.5 Å². The zero-order valence-corrected chi connectivity index (χ0v) is 14.1. The molecule has 0 spiro atoms. The van der Waals surface area contributed by atoms with Gasteiger partial charge in [0.15, 0.2) is 5.82 Å². The maximum Gasteiger partial charge on any atom is 0.258 e. The van der Waals surface area contributed by atoms with E-state index in [1.807, 2.05) is 12.1 Å². The van der Waals surface area contributed by atoms with Crippen LogP contribution in [0.3, 0.4) is 0 Å². The van der Waals surface area contributed by atoms with Gasteiger partial charge in [0, 0.05) is 10.0 Å². The molecule has 0 radical (unpaired) electrons. The van der Waals surface area contributed by atoms with Gasteiger partial charge in [-0.3, -0.25) is 0 Å². The largest absolute Gasteiger partial charge is 0.334 e. The lowest BCUT2D eigenvalue weighted by Gasteiger charge is -2.33. The minimum absolute atomic E-state index is 0.469. The Balaban J connectivity index is 1.90. The predicted molar refractivity (Wildman–Crippen MR) is 85.9 cm³/mol. The summed E-state index contributed by atoms with van der Waals surface area (Å²) in [6.45, 7) is 2.22. The summed E-state index contributed by atoms with van der Waals surface area (Å²) in [7, 11) is 0. The number of benzene rings is 1. The van der Waals surface area contributed by atoms with Gasteiger partial charge >= 0.3 is 0 Å². The summed E-state index contributed by atoms with van der Waals surface area (Å²) >= 11 is 9.40. The van der Waals surface area contributed by atoms with E-state index in [-0.39, 0.29) is 0 Å². The standard InChI is InChI=1S/C15H17BrClN3O/c1-9-3-2-6-15(18,8-9)14-19-13(21-20-14)10-4-5-12(17)11(16)7-10/h4-5,7,9H,2-3,6,8,18H2,1H3. The zero-order chi connectivity index (χ0) is 15.0. The summed E-state index contributed by atoms with van der Waals surface area (Å²) < 4.78 is 6.20. The summed E-state index contributed by atoms with van der Waals surface area (Å²) in [6, 6.07) is 5.52. The van der Waals surface area contributed by atoms with Crippen LogP contribution in [-0.4, -0.2) is 10.1 Å². The Kier molecular flexibility index (Phi) is 4.08. The smallest absolute Gasteiger partial charge is 0.258 e. The molecule has 1 fully saturated rings. The van der Waals surface area contributed by atoms with Crippen molar-refractivity contribution in [2.75, 3.05) is 0 Å². The number of aromatic nitrogens is 2. The molecule has 1 aliphatic rings. The molecule has 0 amide bonds. The minimum Gasteiger partial charge on any atom is -0.334 e. The monoisotopic (exact) mass is 369 g/mol. The molecule has 0 saturated heterocycles. The van der Waals surface area contributed by atoms with Crippen molar-refractivity contribution < 1.29 is 4.52 Å². The third-order valence-corrected chi connectivity index (χ3v) is 5.28. The molecule has 0 aliphatic heterocycles.